The van der Waals surface area contributed by atoms with E-state index in [4.69, 9.17) is 0 Å². The predicted molar refractivity (Wildman–Crippen MR) is 65.3 cm³/mol. The summed E-state index contributed by atoms with van der Waals surface area (Å²) in [6.45, 7) is 12.2. The van der Waals surface area contributed by atoms with Crippen molar-refractivity contribution in [1.29, 1.82) is 0 Å². The topological polar surface area (TPSA) is 29.1 Å². The zero-order valence-corrected chi connectivity index (χ0v) is 11.4. The fraction of sp³-hybridized carbons (Fsp3) is 0.900. The van der Waals surface area contributed by atoms with Gasteiger partial charge in [-0.15, -0.1) is 0 Å². The fourth-order valence-corrected chi connectivity index (χ4v) is 3.70. The van der Waals surface area contributed by atoms with Crippen LogP contribution in [0.2, 0.25) is 0 Å². The maximum atomic E-state index is 12.1. The van der Waals surface area contributed by atoms with E-state index >= 15 is 0 Å². The quantitative estimate of drug-likeness (QED) is 0.586. The Hall–Kier alpha value is 0.330. The van der Waals surface area contributed by atoms with Crippen molar-refractivity contribution in [2.45, 2.75) is 51.3 Å². The predicted octanol–water partition coefficient (Wildman–Crippen LogP) is 3.04. The molecule has 1 saturated heterocycles. The second-order valence-electron chi connectivity index (χ2n) is 5.74. The third-order valence-electron chi connectivity index (χ3n) is 1.77. The molecule has 4 heteroatoms. The first-order valence-electron chi connectivity index (χ1n) is 4.78. The van der Waals surface area contributed by atoms with Gasteiger partial charge in [0.1, 0.15) is 0 Å². The van der Waals surface area contributed by atoms with Gasteiger partial charge in [-0.3, -0.25) is 10.1 Å². The van der Waals surface area contributed by atoms with E-state index in [1.165, 1.54) is 0 Å². The van der Waals surface area contributed by atoms with Gasteiger partial charge in [0.15, 0.2) is 9.99 Å². The van der Waals surface area contributed by atoms with Crippen molar-refractivity contribution in [3.05, 3.63) is 0 Å². The average molecular weight is 233 g/mol. The highest BCUT2D eigenvalue weighted by Crippen LogP contribution is 2.65. The highest BCUT2D eigenvalue weighted by atomic mass is 33.2. The summed E-state index contributed by atoms with van der Waals surface area (Å²) in [7, 11) is 3.27. The third kappa shape index (κ3) is 2.91. The molecule has 1 N–H and O–H groups in total. The van der Waals surface area contributed by atoms with Crippen LogP contribution < -0.4 is 5.32 Å². The molecule has 0 unspecified atom stereocenters. The molecule has 1 aliphatic rings. The summed E-state index contributed by atoms with van der Waals surface area (Å²) >= 11 is 0. The van der Waals surface area contributed by atoms with Crippen LogP contribution in [-0.2, 0) is 4.79 Å². The molecule has 1 rings (SSSR count). The second kappa shape index (κ2) is 3.42. The first kappa shape index (κ1) is 12.4. The van der Waals surface area contributed by atoms with Crippen molar-refractivity contribution < 1.29 is 4.79 Å². The van der Waals surface area contributed by atoms with E-state index in [0.29, 0.717) is 0 Å². The van der Waals surface area contributed by atoms with Gasteiger partial charge in [0.2, 0.25) is 0 Å². The number of nitrogens with one attached hydrogen (secondary N) is 1. The minimum absolute atomic E-state index is 0.0165. The summed E-state index contributed by atoms with van der Waals surface area (Å²) in [5.74, 6) is 0.287. The van der Waals surface area contributed by atoms with Gasteiger partial charge in [0, 0.05) is 11.0 Å². The van der Waals surface area contributed by atoms with Crippen LogP contribution in [0.4, 0.5) is 0 Å². The van der Waals surface area contributed by atoms with E-state index < -0.39 is 0 Å². The zero-order chi connectivity index (χ0) is 11.2. The van der Waals surface area contributed by atoms with Crippen molar-refractivity contribution >= 4 is 27.4 Å². The molecule has 14 heavy (non-hydrogen) atoms. The summed E-state index contributed by atoms with van der Waals surface area (Å²) in [5.41, 5.74) is -0.286. The minimum Gasteiger partial charge on any atom is -0.295 e. The summed E-state index contributed by atoms with van der Waals surface area (Å²) in [6.07, 6.45) is 0. The van der Waals surface area contributed by atoms with Gasteiger partial charge in [0.05, 0.1) is 0 Å². The number of ketones is 1. The molecular weight excluding hydrogens is 214 g/mol. The van der Waals surface area contributed by atoms with Gasteiger partial charge < -0.3 is 0 Å². The van der Waals surface area contributed by atoms with Crippen molar-refractivity contribution in [3.8, 4) is 0 Å². The Bertz CT molecular complexity index is 246. The summed E-state index contributed by atoms with van der Waals surface area (Å²) in [4.78, 5) is 12.1. The van der Waals surface area contributed by atoms with E-state index in [-0.39, 0.29) is 20.9 Å². The van der Waals surface area contributed by atoms with Crippen LogP contribution in [0.3, 0.4) is 0 Å². The number of Topliss-reactive ketones (excluding diaryl/α,β-unsaturated/α-hetero) is 1. The monoisotopic (exact) mass is 233 g/mol. The van der Waals surface area contributed by atoms with Crippen LogP contribution in [0.5, 0.6) is 0 Å². The largest absolute Gasteiger partial charge is 0.295 e. The van der Waals surface area contributed by atoms with Gasteiger partial charge in [-0.25, -0.2) is 0 Å². The molecule has 0 amide bonds. The Kier molecular flexibility index (Phi) is 3.03. The van der Waals surface area contributed by atoms with E-state index in [1.807, 2.05) is 20.8 Å². The second-order valence-corrected chi connectivity index (χ2v) is 8.55. The van der Waals surface area contributed by atoms with Gasteiger partial charge in [-0.1, -0.05) is 20.8 Å². The maximum Gasteiger partial charge on any atom is 0.192 e. The number of hydrogen-bond acceptors (Lipinski definition) is 4. The lowest BCUT2D eigenvalue weighted by molar-refractivity contribution is -0.127. The first-order valence-corrected chi connectivity index (χ1v) is 6.93. The van der Waals surface area contributed by atoms with Crippen LogP contribution in [0.25, 0.3) is 0 Å². The molecule has 0 radical (unpaired) electrons. The highest BCUT2D eigenvalue weighted by Gasteiger charge is 2.57. The Morgan fingerprint density at radius 1 is 1.07 bits per heavy atom. The Morgan fingerprint density at radius 3 is 1.71 bits per heavy atom. The maximum absolute atomic E-state index is 12.1. The minimum atomic E-state index is -0.378. The number of carbonyl (C=O) groups excluding carboxylic acids is 1. The van der Waals surface area contributed by atoms with E-state index in [9.17, 15) is 4.79 Å². The Balaban J connectivity index is 2.73. The van der Waals surface area contributed by atoms with Gasteiger partial charge in [-0.05, 0) is 42.4 Å². The molecule has 82 valence electrons. The van der Waals surface area contributed by atoms with Gasteiger partial charge in [0.25, 0.3) is 0 Å². The molecule has 0 spiro atoms. The molecule has 0 saturated carbocycles. The van der Waals surface area contributed by atoms with Crippen molar-refractivity contribution in [2.24, 2.45) is 5.41 Å². The molecular formula is C10H19NOS2. The molecule has 0 aromatic carbocycles. The van der Waals surface area contributed by atoms with Crippen LogP contribution >= 0.6 is 21.6 Å². The van der Waals surface area contributed by atoms with Crippen molar-refractivity contribution in [1.82, 2.24) is 5.32 Å². The van der Waals surface area contributed by atoms with Crippen LogP contribution in [-0.4, -0.2) is 15.5 Å². The summed E-state index contributed by atoms with van der Waals surface area (Å²) in [5, 5.41) is 3.39. The smallest absolute Gasteiger partial charge is 0.192 e. The lowest BCUT2D eigenvalue weighted by atomic mass is 9.90. The number of rotatable bonds is 2. The van der Waals surface area contributed by atoms with Gasteiger partial charge in [-0.2, -0.15) is 0 Å². The standard InChI is InChI=1S/C10H19NOS2/c1-8(2,3)7(12)10(13-14-10)11-9(4,5)6/h11H,1-6H3. The van der Waals surface area contributed by atoms with Gasteiger partial charge >= 0.3 is 0 Å². The lowest BCUT2D eigenvalue weighted by Crippen LogP contribution is -2.51. The van der Waals surface area contributed by atoms with Crippen LogP contribution in [0.15, 0.2) is 0 Å². The summed E-state index contributed by atoms with van der Waals surface area (Å²) < 4.78 is -0.378. The van der Waals surface area contributed by atoms with E-state index in [2.05, 4.69) is 26.1 Å². The molecule has 1 aliphatic heterocycles. The third-order valence-corrected chi connectivity index (χ3v) is 4.34. The van der Waals surface area contributed by atoms with Crippen molar-refractivity contribution in [2.75, 3.05) is 0 Å². The van der Waals surface area contributed by atoms with Crippen LogP contribution in [0.1, 0.15) is 41.5 Å². The molecule has 0 aliphatic carbocycles. The molecule has 0 bridgehead atoms. The van der Waals surface area contributed by atoms with Crippen molar-refractivity contribution in [3.63, 3.8) is 0 Å². The SMILES string of the molecule is CC(C)(C)NC1(C(=O)C(C)(C)C)SS1. The first-order chi connectivity index (χ1) is 6.07. The Labute approximate surface area is 94.4 Å². The molecule has 0 aromatic rings. The Morgan fingerprint density at radius 2 is 1.50 bits per heavy atom. The normalized spacial score (nSPS) is 20.7. The summed E-state index contributed by atoms with van der Waals surface area (Å²) in [6, 6.07) is 0. The molecule has 1 fully saturated rings. The zero-order valence-electron chi connectivity index (χ0n) is 9.72. The van der Waals surface area contributed by atoms with E-state index in [1.54, 1.807) is 21.6 Å². The number of carbonyl (C=O) groups is 1. The number of hydrogen-bond donors (Lipinski definition) is 1. The molecule has 1 heterocycles. The van der Waals surface area contributed by atoms with E-state index in [0.717, 1.165) is 0 Å². The lowest BCUT2D eigenvalue weighted by Gasteiger charge is -2.29. The van der Waals surface area contributed by atoms with Crippen LogP contribution in [0, 0.1) is 5.41 Å². The molecule has 0 aromatic heterocycles. The molecule has 2 nitrogen and oxygen atoms in total. The molecule has 0 atom stereocenters. The highest BCUT2D eigenvalue weighted by molar-refractivity contribution is 8.94. The average Bonchev–Trinajstić information content (AvgIpc) is 2.62. The fourth-order valence-electron chi connectivity index (χ4n) is 1.20.